The van der Waals surface area contributed by atoms with Crippen molar-refractivity contribution >= 4 is 27.0 Å². The van der Waals surface area contributed by atoms with Crippen molar-refractivity contribution in [1.29, 1.82) is 0 Å². The number of benzene rings is 2. The Morgan fingerprint density at radius 3 is 2.33 bits per heavy atom. The molecule has 1 fully saturated rings. The third-order valence-corrected chi connectivity index (χ3v) is 7.49. The van der Waals surface area contributed by atoms with Crippen molar-refractivity contribution in [3.05, 3.63) is 58.4 Å². The number of carbonyl (C=O) groups excluding carboxylic acids is 1. The van der Waals surface area contributed by atoms with E-state index in [1.807, 2.05) is 21.5 Å². The van der Waals surface area contributed by atoms with Crippen LogP contribution in [0.4, 0.5) is 0 Å². The Morgan fingerprint density at radius 1 is 1.06 bits per heavy atom. The van der Waals surface area contributed by atoms with Crippen molar-refractivity contribution < 1.29 is 17.9 Å². The summed E-state index contributed by atoms with van der Waals surface area (Å²) in [6, 6.07) is 12.2. The zero-order chi connectivity index (χ0) is 23.8. The molecule has 1 aliphatic carbocycles. The number of methoxy groups -OCH3 is 1. The molecule has 176 valence electrons. The number of carbonyl (C=O) groups is 1. The summed E-state index contributed by atoms with van der Waals surface area (Å²) in [5.74, 6) is -0.0976. The van der Waals surface area contributed by atoms with E-state index in [9.17, 15) is 18.0 Å². The normalized spacial score (nSPS) is 15.2. The number of ether oxygens (including phenoxy) is 1. The number of rotatable bonds is 6. The molecule has 1 aliphatic rings. The first-order chi connectivity index (χ1) is 15.7. The van der Waals surface area contributed by atoms with E-state index < -0.39 is 16.1 Å². The van der Waals surface area contributed by atoms with Crippen LogP contribution in [0, 0.1) is 0 Å². The highest BCUT2D eigenvalue weighted by atomic mass is 32.2. The van der Waals surface area contributed by atoms with Crippen molar-refractivity contribution in [2.75, 3.05) is 21.2 Å². The van der Waals surface area contributed by atoms with E-state index in [0.29, 0.717) is 16.8 Å². The first kappa shape index (κ1) is 23.1. The molecule has 0 saturated heterocycles. The third kappa shape index (κ3) is 4.40. The summed E-state index contributed by atoms with van der Waals surface area (Å²) in [7, 11) is 0.301. The molecule has 0 aliphatic heterocycles. The monoisotopic (exact) mass is 472 g/mol. The molecule has 4 rings (SSSR count). The molecule has 9 nitrogen and oxygen atoms in total. The van der Waals surface area contributed by atoms with E-state index in [2.05, 4.69) is 0 Å². The Kier molecular flexibility index (Phi) is 6.31. The number of fused-ring (bicyclic) bond motifs is 1. The summed E-state index contributed by atoms with van der Waals surface area (Å²) in [5, 5.41) is 0.367. The summed E-state index contributed by atoms with van der Waals surface area (Å²) >= 11 is 0. The molecule has 0 bridgehead atoms. The lowest BCUT2D eigenvalue weighted by atomic mass is 9.95. The molecule has 0 radical (unpaired) electrons. The maximum atomic E-state index is 13.6. The highest BCUT2D eigenvalue weighted by molar-refractivity contribution is 7.87. The summed E-state index contributed by atoms with van der Waals surface area (Å²) in [4.78, 5) is 26.2. The highest BCUT2D eigenvalue weighted by Gasteiger charge is 2.25. The van der Waals surface area contributed by atoms with Gasteiger partial charge in [0, 0.05) is 19.7 Å². The van der Waals surface area contributed by atoms with Gasteiger partial charge in [0.15, 0.2) is 0 Å². The van der Waals surface area contributed by atoms with Crippen LogP contribution in [0.15, 0.2) is 47.3 Å². The molecule has 10 heteroatoms. The molecule has 0 spiro atoms. The van der Waals surface area contributed by atoms with Gasteiger partial charge in [0.25, 0.3) is 11.5 Å². The molecule has 2 aromatic carbocycles. The van der Waals surface area contributed by atoms with Gasteiger partial charge in [-0.15, -0.1) is 0 Å². The van der Waals surface area contributed by atoms with Gasteiger partial charge in [-0.25, -0.2) is 9.40 Å². The molecule has 1 heterocycles. The lowest BCUT2D eigenvalue weighted by molar-refractivity contribution is 0.0980. The van der Waals surface area contributed by atoms with Crippen molar-refractivity contribution in [3.63, 3.8) is 0 Å². The van der Waals surface area contributed by atoms with Crippen LogP contribution in [0.1, 0.15) is 48.5 Å². The standard InChI is InChI=1S/C23H28N4O5S/c1-25(2)33(30,31)24-22(28)16-9-14-21-20(15-16)23(29)27(18-10-12-19(32-3)13-11-18)26(21)17-7-5-4-6-8-17/h9-15,17H,4-8H2,1-3H3,(H,24,28). The molecule has 1 saturated carbocycles. The van der Waals surface area contributed by atoms with E-state index in [0.717, 1.165) is 35.5 Å². The van der Waals surface area contributed by atoms with Gasteiger partial charge in [-0.05, 0) is 55.3 Å². The summed E-state index contributed by atoms with van der Waals surface area (Å²) < 4.78 is 36.0. The minimum Gasteiger partial charge on any atom is -0.497 e. The average Bonchev–Trinajstić information content (AvgIpc) is 3.11. The fourth-order valence-electron chi connectivity index (χ4n) is 4.29. The van der Waals surface area contributed by atoms with Crippen molar-refractivity contribution in [1.82, 2.24) is 18.4 Å². The molecule has 33 heavy (non-hydrogen) atoms. The van der Waals surface area contributed by atoms with Gasteiger partial charge in [-0.3, -0.25) is 14.3 Å². The maximum absolute atomic E-state index is 13.6. The van der Waals surface area contributed by atoms with Crippen LogP contribution in [-0.2, 0) is 10.2 Å². The van der Waals surface area contributed by atoms with Crippen LogP contribution < -0.4 is 15.0 Å². The Bertz CT molecular complexity index is 1330. The van der Waals surface area contributed by atoms with Crippen LogP contribution in [0.2, 0.25) is 0 Å². The molecule has 0 unspecified atom stereocenters. The number of aromatic nitrogens is 2. The second-order valence-corrected chi connectivity index (χ2v) is 10.3. The van der Waals surface area contributed by atoms with E-state index in [4.69, 9.17) is 4.74 Å². The molecule has 0 atom stereocenters. The molecule has 1 amide bonds. The predicted molar refractivity (Wildman–Crippen MR) is 126 cm³/mol. The van der Waals surface area contributed by atoms with Gasteiger partial charge in [-0.2, -0.15) is 12.7 Å². The lowest BCUT2D eigenvalue weighted by Crippen LogP contribution is -2.39. The fourth-order valence-corrected chi connectivity index (χ4v) is 4.82. The first-order valence-corrected chi connectivity index (χ1v) is 12.3. The van der Waals surface area contributed by atoms with Crippen molar-refractivity contribution in [2.45, 2.75) is 38.1 Å². The Morgan fingerprint density at radius 2 is 1.73 bits per heavy atom. The quantitative estimate of drug-likeness (QED) is 0.594. The zero-order valence-corrected chi connectivity index (χ0v) is 19.8. The maximum Gasteiger partial charge on any atom is 0.303 e. The van der Waals surface area contributed by atoms with E-state index in [1.54, 1.807) is 36.1 Å². The minimum atomic E-state index is -3.95. The van der Waals surface area contributed by atoms with Crippen LogP contribution in [0.5, 0.6) is 5.75 Å². The summed E-state index contributed by atoms with van der Waals surface area (Å²) in [5.41, 5.74) is 1.26. The average molecular weight is 473 g/mol. The van der Waals surface area contributed by atoms with Crippen molar-refractivity contribution in [3.8, 4) is 11.4 Å². The van der Waals surface area contributed by atoms with Crippen LogP contribution in [0.25, 0.3) is 16.6 Å². The van der Waals surface area contributed by atoms with E-state index in [-0.39, 0.29) is 17.2 Å². The number of hydrogen-bond acceptors (Lipinski definition) is 5. The fraction of sp³-hybridized carbons (Fsp3) is 0.391. The predicted octanol–water partition coefficient (Wildman–Crippen LogP) is 2.84. The molecule has 1 aromatic heterocycles. The Balaban J connectivity index is 1.86. The Labute approximate surface area is 192 Å². The topological polar surface area (TPSA) is 103 Å². The second kappa shape index (κ2) is 9.03. The van der Waals surface area contributed by atoms with Gasteiger partial charge in [-0.1, -0.05) is 19.3 Å². The molecular formula is C23H28N4O5S. The minimum absolute atomic E-state index is 0.104. The van der Waals surface area contributed by atoms with Gasteiger partial charge in [0.2, 0.25) is 0 Å². The number of hydrogen-bond donors (Lipinski definition) is 1. The largest absolute Gasteiger partial charge is 0.497 e. The number of nitrogens with zero attached hydrogens (tertiary/aromatic N) is 3. The number of nitrogens with one attached hydrogen (secondary N) is 1. The third-order valence-electron chi connectivity index (χ3n) is 6.08. The van der Waals surface area contributed by atoms with E-state index in [1.165, 1.54) is 26.6 Å². The second-order valence-electron chi connectivity index (χ2n) is 8.40. The smallest absolute Gasteiger partial charge is 0.303 e. The number of amides is 1. The van der Waals surface area contributed by atoms with Gasteiger partial charge < -0.3 is 4.74 Å². The van der Waals surface area contributed by atoms with Crippen LogP contribution in [0.3, 0.4) is 0 Å². The molecular weight excluding hydrogens is 444 g/mol. The molecule has 1 N–H and O–H groups in total. The van der Waals surface area contributed by atoms with Gasteiger partial charge >= 0.3 is 10.2 Å². The van der Waals surface area contributed by atoms with Gasteiger partial charge in [0.05, 0.1) is 29.7 Å². The first-order valence-electron chi connectivity index (χ1n) is 10.9. The zero-order valence-electron chi connectivity index (χ0n) is 18.9. The van der Waals surface area contributed by atoms with Crippen LogP contribution in [-0.4, -0.2) is 49.2 Å². The van der Waals surface area contributed by atoms with Crippen molar-refractivity contribution in [2.24, 2.45) is 0 Å². The summed E-state index contributed by atoms with van der Waals surface area (Å²) in [6.07, 6.45) is 5.27. The SMILES string of the molecule is COc1ccc(-n2c(=O)c3cc(C(=O)NS(=O)(=O)N(C)C)ccc3n2C2CCCCC2)cc1. The highest BCUT2D eigenvalue weighted by Crippen LogP contribution is 2.32. The van der Waals surface area contributed by atoms with Gasteiger partial charge in [0.1, 0.15) is 5.75 Å². The van der Waals surface area contributed by atoms with E-state index >= 15 is 0 Å². The Hall–Kier alpha value is -3.11. The van der Waals surface area contributed by atoms with Crippen LogP contribution >= 0.6 is 0 Å². The summed E-state index contributed by atoms with van der Waals surface area (Å²) in [6.45, 7) is 0. The molecule has 3 aromatic rings. The lowest BCUT2D eigenvalue weighted by Gasteiger charge is -2.26.